The van der Waals surface area contributed by atoms with Crippen molar-refractivity contribution in [1.29, 1.82) is 0 Å². The lowest BCUT2D eigenvalue weighted by molar-refractivity contribution is -0.121. The topological polar surface area (TPSA) is 90.6 Å². The molecular formula is C24H24N4O2. The van der Waals surface area contributed by atoms with E-state index in [-0.39, 0.29) is 17.9 Å². The zero-order chi connectivity index (χ0) is 21.1. The van der Waals surface area contributed by atoms with Crippen LogP contribution in [0.3, 0.4) is 0 Å². The van der Waals surface area contributed by atoms with Crippen molar-refractivity contribution >= 4 is 16.8 Å². The minimum absolute atomic E-state index is 0.103. The van der Waals surface area contributed by atoms with E-state index in [1.807, 2.05) is 61.7 Å². The molecule has 0 radical (unpaired) electrons. The largest absolute Gasteiger partial charge is 0.361 e. The fourth-order valence-electron chi connectivity index (χ4n) is 3.76. The molecule has 0 aliphatic carbocycles. The van der Waals surface area contributed by atoms with Crippen molar-refractivity contribution in [3.63, 3.8) is 0 Å². The summed E-state index contributed by atoms with van der Waals surface area (Å²) in [4.78, 5) is 35.3. The van der Waals surface area contributed by atoms with Gasteiger partial charge in [0.1, 0.15) is 5.82 Å². The summed E-state index contributed by atoms with van der Waals surface area (Å²) >= 11 is 0. The van der Waals surface area contributed by atoms with Gasteiger partial charge < -0.3 is 15.3 Å². The highest BCUT2D eigenvalue weighted by atomic mass is 16.1. The van der Waals surface area contributed by atoms with Crippen LogP contribution in [0.1, 0.15) is 34.3 Å². The first-order chi connectivity index (χ1) is 14.5. The monoisotopic (exact) mass is 400 g/mol. The third kappa shape index (κ3) is 4.33. The van der Waals surface area contributed by atoms with Gasteiger partial charge in [0.2, 0.25) is 5.91 Å². The summed E-state index contributed by atoms with van der Waals surface area (Å²) in [5, 5.41) is 4.19. The maximum atomic E-state index is 12.9. The Morgan fingerprint density at radius 2 is 1.83 bits per heavy atom. The molecule has 6 nitrogen and oxygen atoms in total. The Morgan fingerprint density at radius 3 is 2.63 bits per heavy atom. The Labute approximate surface area is 174 Å². The number of carbonyl (C=O) groups is 1. The molecule has 1 amide bonds. The number of nitrogens with zero attached hydrogens (tertiary/aromatic N) is 1. The first kappa shape index (κ1) is 19.6. The second-order valence-electron chi connectivity index (χ2n) is 7.54. The van der Waals surface area contributed by atoms with Gasteiger partial charge in [-0.05, 0) is 36.6 Å². The van der Waals surface area contributed by atoms with E-state index >= 15 is 0 Å². The molecule has 0 fully saturated rings. The zero-order valence-electron chi connectivity index (χ0n) is 17.0. The highest BCUT2D eigenvalue weighted by molar-refractivity contribution is 5.83. The smallest absolute Gasteiger partial charge is 0.251 e. The molecule has 0 bridgehead atoms. The van der Waals surface area contributed by atoms with Crippen molar-refractivity contribution in [2.45, 2.75) is 32.7 Å². The van der Waals surface area contributed by atoms with Gasteiger partial charge >= 0.3 is 0 Å². The van der Waals surface area contributed by atoms with Crippen molar-refractivity contribution in [1.82, 2.24) is 20.3 Å². The Hall–Kier alpha value is -3.67. The average Bonchev–Trinajstić information content (AvgIpc) is 3.11. The molecule has 0 aliphatic heterocycles. The molecule has 2 aromatic heterocycles. The number of aromatic amines is 2. The number of para-hydroxylation sites is 1. The lowest BCUT2D eigenvalue weighted by atomic mass is 10.0. The van der Waals surface area contributed by atoms with Crippen LogP contribution in [0.2, 0.25) is 0 Å². The summed E-state index contributed by atoms with van der Waals surface area (Å²) in [5.74, 6) is 0.420. The Morgan fingerprint density at radius 1 is 1.07 bits per heavy atom. The minimum atomic E-state index is -0.415. The molecule has 0 unspecified atom stereocenters. The zero-order valence-corrected chi connectivity index (χ0v) is 17.0. The van der Waals surface area contributed by atoms with Gasteiger partial charge in [0.05, 0.1) is 18.2 Å². The van der Waals surface area contributed by atoms with Gasteiger partial charge in [0.15, 0.2) is 0 Å². The average molecular weight is 400 g/mol. The first-order valence-corrected chi connectivity index (χ1v) is 9.96. The second kappa shape index (κ2) is 8.37. The van der Waals surface area contributed by atoms with Gasteiger partial charge in [-0.2, -0.15) is 0 Å². The Bertz CT molecular complexity index is 1260. The lowest BCUT2D eigenvalue weighted by Crippen LogP contribution is -2.33. The molecule has 30 heavy (non-hydrogen) atoms. The number of hydrogen-bond donors (Lipinski definition) is 3. The normalized spacial score (nSPS) is 12.1. The van der Waals surface area contributed by atoms with Gasteiger partial charge in [-0.3, -0.25) is 9.59 Å². The Balaban J connectivity index is 1.64. The van der Waals surface area contributed by atoms with E-state index in [0.29, 0.717) is 17.9 Å². The molecule has 1 atom stereocenters. The summed E-state index contributed by atoms with van der Waals surface area (Å²) in [6.45, 7) is 3.73. The number of aryl methyl sites for hydroxylation is 2. The van der Waals surface area contributed by atoms with Crippen molar-refractivity contribution in [3.05, 3.63) is 99.4 Å². The molecule has 152 valence electrons. The first-order valence-electron chi connectivity index (χ1n) is 9.96. The van der Waals surface area contributed by atoms with E-state index in [2.05, 4.69) is 20.3 Å². The minimum Gasteiger partial charge on any atom is -0.361 e. The molecular weight excluding hydrogens is 376 g/mol. The standard InChI is InChI=1S/C24H24N4O2/c1-15-7-3-4-8-17(15)12-23(29)28-21(22-13-24(30)27-16(2)26-22)11-18-14-25-20-10-6-5-9-19(18)20/h3-10,13-14,21,25H,11-12H2,1-2H3,(H,28,29)(H,26,27,30)/t21-/m0/s1. The fourth-order valence-corrected chi connectivity index (χ4v) is 3.76. The van der Waals surface area contributed by atoms with Crippen molar-refractivity contribution in [3.8, 4) is 0 Å². The fraction of sp³-hybridized carbons (Fsp3) is 0.208. The predicted molar refractivity (Wildman–Crippen MR) is 117 cm³/mol. The van der Waals surface area contributed by atoms with Crippen LogP contribution in [0.4, 0.5) is 0 Å². The number of nitrogens with one attached hydrogen (secondary N) is 3. The van der Waals surface area contributed by atoms with Crippen LogP contribution in [0.5, 0.6) is 0 Å². The summed E-state index contributed by atoms with van der Waals surface area (Å²) in [7, 11) is 0. The van der Waals surface area contributed by atoms with E-state index in [0.717, 1.165) is 27.6 Å². The van der Waals surface area contributed by atoms with Crippen LogP contribution in [0.15, 0.2) is 65.6 Å². The maximum Gasteiger partial charge on any atom is 0.251 e. The number of hydrogen-bond acceptors (Lipinski definition) is 3. The van der Waals surface area contributed by atoms with Crippen LogP contribution in [-0.4, -0.2) is 20.9 Å². The van der Waals surface area contributed by atoms with E-state index in [9.17, 15) is 9.59 Å². The molecule has 0 spiro atoms. The van der Waals surface area contributed by atoms with Gasteiger partial charge in [0, 0.05) is 29.6 Å². The number of amides is 1. The van der Waals surface area contributed by atoms with Crippen LogP contribution < -0.4 is 10.9 Å². The third-order valence-electron chi connectivity index (χ3n) is 5.28. The van der Waals surface area contributed by atoms with Crippen LogP contribution in [0, 0.1) is 13.8 Å². The lowest BCUT2D eigenvalue weighted by Gasteiger charge is -2.19. The summed E-state index contributed by atoms with van der Waals surface area (Å²) in [6, 6.07) is 16.9. The molecule has 0 aliphatic rings. The van der Waals surface area contributed by atoms with Crippen LogP contribution in [0.25, 0.3) is 10.9 Å². The number of H-pyrrole nitrogens is 2. The third-order valence-corrected chi connectivity index (χ3v) is 5.28. The number of rotatable bonds is 6. The number of benzene rings is 2. The Kier molecular flexibility index (Phi) is 5.48. The molecule has 6 heteroatoms. The number of carbonyl (C=O) groups excluding carboxylic acids is 1. The summed E-state index contributed by atoms with van der Waals surface area (Å²) in [5.41, 5.74) is 4.48. The van der Waals surface area contributed by atoms with Gasteiger partial charge in [-0.25, -0.2) is 4.98 Å². The van der Waals surface area contributed by atoms with E-state index < -0.39 is 6.04 Å². The van der Waals surface area contributed by atoms with E-state index in [4.69, 9.17) is 0 Å². The number of fused-ring (bicyclic) bond motifs is 1. The molecule has 0 saturated carbocycles. The quantitative estimate of drug-likeness (QED) is 0.463. The van der Waals surface area contributed by atoms with Crippen molar-refractivity contribution < 1.29 is 4.79 Å². The predicted octanol–water partition coefficient (Wildman–Crippen LogP) is 3.51. The molecule has 3 N–H and O–H groups in total. The van der Waals surface area contributed by atoms with Gasteiger partial charge in [0.25, 0.3) is 5.56 Å². The van der Waals surface area contributed by atoms with Crippen LogP contribution in [-0.2, 0) is 17.6 Å². The molecule has 2 aromatic carbocycles. The molecule has 4 rings (SSSR count). The highest BCUT2D eigenvalue weighted by Gasteiger charge is 2.20. The van der Waals surface area contributed by atoms with E-state index in [1.54, 1.807) is 6.92 Å². The van der Waals surface area contributed by atoms with Crippen molar-refractivity contribution in [2.24, 2.45) is 0 Å². The van der Waals surface area contributed by atoms with Gasteiger partial charge in [-0.15, -0.1) is 0 Å². The molecule has 2 heterocycles. The highest BCUT2D eigenvalue weighted by Crippen LogP contribution is 2.24. The van der Waals surface area contributed by atoms with Crippen molar-refractivity contribution in [2.75, 3.05) is 0 Å². The molecule has 0 saturated heterocycles. The molecule has 4 aromatic rings. The number of aromatic nitrogens is 3. The SMILES string of the molecule is Cc1nc([C@H](Cc2c[nH]c3ccccc23)NC(=O)Cc2ccccc2C)cc(=O)[nH]1. The summed E-state index contributed by atoms with van der Waals surface area (Å²) in [6.07, 6.45) is 2.75. The van der Waals surface area contributed by atoms with Gasteiger partial charge in [-0.1, -0.05) is 42.5 Å². The van der Waals surface area contributed by atoms with E-state index in [1.165, 1.54) is 6.07 Å². The van der Waals surface area contributed by atoms with Crippen LogP contribution >= 0.6 is 0 Å². The second-order valence-corrected chi connectivity index (χ2v) is 7.54. The summed E-state index contributed by atoms with van der Waals surface area (Å²) < 4.78 is 0. The maximum absolute atomic E-state index is 12.9.